The van der Waals surface area contributed by atoms with Crippen molar-refractivity contribution >= 4 is 40.9 Å². The van der Waals surface area contributed by atoms with Gasteiger partial charge in [-0.15, -0.1) is 0 Å². The van der Waals surface area contributed by atoms with Crippen molar-refractivity contribution in [2.75, 3.05) is 12.3 Å². The van der Waals surface area contributed by atoms with E-state index >= 15 is 0 Å². The highest BCUT2D eigenvalue weighted by Crippen LogP contribution is 2.27. The van der Waals surface area contributed by atoms with Crippen molar-refractivity contribution in [3.8, 4) is 0 Å². The molecule has 0 unspecified atom stereocenters. The molecule has 0 spiro atoms. The van der Waals surface area contributed by atoms with Crippen LogP contribution in [0.4, 0.5) is 0 Å². The summed E-state index contributed by atoms with van der Waals surface area (Å²) >= 11 is 13.9. The molecule has 0 aliphatic heterocycles. The van der Waals surface area contributed by atoms with Gasteiger partial charge in [-0.2, -0.15) is 11.8 Å². The number of amides is 1. The van der Waals surface area contributed by atoms with Crippen LogP contribution >= 0.6 is 35.0 Å². The molecule has 1 saturated carbocycles. The number of hydrogen-bond acceptors (Lipinski definition) is 2. The van der Waals surface area contributed by atoms with Crippen molar-refractivity contribution < 1.29 is 4.79 Å². The minimum Gasteiger partial charge on any atom is -0.355 e. The average molecular weight is 360 g/mol. The summed E-state index contributed by atoms with van der Waals surface area (Å²) in [5, 5.41) is 4.90. The molecule has 1 aromatic carbocycles. The van der Waals surface area contributed by atoms with E-state index in [2.05, 4.69) is 5.32 Å². The molecule has 1 aliphatic rings. The third-order valence-electron chi connectivity index (χ3n) is 3.95. The zero-order chi connectivity index (χ0) is 15.8. The zero-order valence-electron chi connectivity index (χ0n) is 12.7. The predicted octanol–water partition coefficient (Wildman–Crippen LogP) is 5.11. The second-order valence-corrected chi connectivity index (χ2v) is 7.95. The first-order valence-electron chi connectivity index (χ1n) is 7.97. The molecule has 2 nitrogen and oxygen atoms in total. The molecule has 0 heterocycles. The van der Waals surface area contributed by atoms with Crippen molar-refractivity contribution in [1.82, 2.24) is 5.32 Å². The summed E-state index contributed by atoms with van der Waals surface area (Å²) in [6.07, 6.45) is 8.00. The molecule has 0 bridgehead atoms. The van der Waals surface area contributed by atoms with Crippen LogP contribution in [0.15, 0.2) is 18.2 Å². The lowest BCUT2D eigenvalue weighted by Crippen LogP contribution is -2.26. The standard InChI is InChI=1S/C17H23Cl2NOS/c18-15-8-6-13(12-16(15)19)7-9-17(21)20-10-11-22-14-4-2-1-3-5-14/h6,8,12,14H,1-5,7,9-11H2,(H,20,21). The Hall–Kier alpha value is -0.380. The second-order valence-electron chi connectivity index (χ2n) is 5.73. The zero-order valence-corrected chi connectivity index (χ0v) is 15.1. The smallest absolute Gasteiger partial charge is 0.220 e. The summed E-state index contributed by atoms with van der Waals surface area (Å²) in [5.41, 5.74) is 1.04. The topological polar surface area (TPSA) is 29.1 Å². The van der Waals surface area contributed by atoms with Gasteiger partial charge in [-0.05, 0) is 37.0 Å². The molecule has 1 amide bonds. The third-order valence-corrected chi connectivity index (χ3v) is 6.08. The monoisotopic (exact) mass is 359 g/mol. The molecule has 0 atom stereocenters. The fraction of sp³-hybridized carbons (Fsp3) is 0.588. The van der Waals surface area contributed by atoms with Gasteiger partial charge in [-0.1, -0.05) is 48.5 Å². The Balaban J connectivity index is 1.58. The van der Waals surface area contributed by atoms with Crippen LogP contribution in [0.1, 0.15) is 44.1 Å². The summed E-state index contributed by atoms with van der Waals surface area (Å²) in [5.74, 6) is 1.12. The Kier molecular flexibility index (Phi) is 7.91. The van der Waals surface area contributed by atoms with E-state index < -0.39 is 0 Å². The lowest BCUT2D eigenvalue weighted by atomic mass is 10.0. The first-order chi connectivity index (χ1) is 10.6. The first-order valence-corrected chi connectivity index (χ1v) is 9.78. The highest BCUT2D eigenvalue weighted by atomic mass is 35.5. The molecule has 1 aromatic rings. The van der Waals surface area contributed by atoms with Crippen LogP contribution in [0.3, 0.4) is 0 Å². The van der Waals surface area contributed by atoms with Gasteiger partial charge in [0.2, 0.25) is 5.91 Å². The number of carbonyl (C=O) groups is 1. The van der Waals surface area contributed by atoms with Crippen molar-refractivity contribution in [1.29, 1.82) is 0 Å². The van der Waals surface area contributed by atoms with Crippen LogP contribution in [-0.2, 0) is 11.2 Å². The van der Waals surface area contributed by atoms with E-state index in [1.165, 1.54) is 32.1 Å². The summed E-state index contributed by atoms with van der Waals surface area (Å²) < 4.78 is 0. The van der Waals surface area contributed by atoms with E-state index in [4.69, 9.17) is 23.2 Å². The van der Waals surface area contributed by atoms with E-state index in [1.807, 2.05) is 23.9 Å². The summed E-state index contributed by atoms with van der Waals surface area (Å²) in [6, 6.07) is 5.52. The number of benzene rings is 1. The number of carbonyl (C=O) groups excluding carboxylic acids is 1. The largest absolute Gasteiger partial charge is 0.355 e. The molecule has 0 aromatic heterocycles. The Bertz CT molecular complexity index is 490. The van der Waals surface area contributed by atoms with Gasteiger partial charge in [0.25, 0.3) is 0 Å². The number of aryl methyl sites for hydroxylation is 1. The highest BCUT2D eigenvalue weighted by Gasteiger charge is 2.13. The van der Waals surface area contributed by atoms with E-state index in [-0.39, 0.29) is 5.91 Å². The molecule has 0 radical (unpaired) electrons. The van der Waals surface area contributed by atoms with E-state index in [9.17, 15) is 4.79 Å². The minimum atomic E-state index is 0.107. The third kappa shape index (κ3) is 6.39. The fourth-order valence-corrected chi connectivity index (χ4v) is 4.23. The SMILES string of the molecule is O=C(CCc1ccc(Cl)c(Cl)c1)NCCSC1CCCCC1. The Morgan fingerprint density at radius 1 is 1.18 bits per heavy atom. The van der Waals surface area contributed by atoms with Gasteiger partial charge < -0.3 is 5.32 Å². The van der Waals surface area contributed by atoms with E-state index in [0.29, 0.717) is 22.9 Å². The average Bonchev–Trinajstić information content (AvgIpc) is 2.54. The molecule has 122 valence electrons. The number of halogens is 2. The Morgan fingerprint density at radius 2 is 1.95 bits per heavy atom. The van der Waals surface area contributed by atoms with Gasteiger partial charge in [-0.3, -0.25) is 4.79 Å². The van der Waals surface area contributed by atoms with Gasteiger partial charge >= 0.3 is 0 Å². The molecule has 22 heavy (non-hydrogen) atoms. The van der Waals surface area contributed by atoms with Crippen LogP contribution < -0.4 is 5.32 Å². The van der Waals surface area contributed by atoms with Crippen molar-refractivity contribution in [2.24, 2.45) is 0 Å². The maximum Gasteiger partial charge on any atom is 0.220 e. The van der Waals surface area contributed by atoms with Crippen LogP contribution in [0, 0.1) is 0 Å². The second kappa shape index (κ2) is 9.69. The molecule has 1 aliphatic carbocycles. The van der Waals surface area contributed by atoms with Crippen molar-refractivity contribution in [3.05, 3.63) is 33.8 Å². The Morgan fingerprint density at radius 3 is 2.68 bits per heavy atom. The quantitative estimate of drug-likeness (QED) is 0.685. The lowest BCUT2D eigenvalue weighted by molar-refractivity contribution is -0.120. The van der Waals surface area contributed by atoms with Crippen LogP contribution in [0.2, 0.25) is 10.0 Å². The van der Waals surface area contributed by atoms with Crippen molar-refractivity contribution in [2.45, 2.75) is 50.2 Å². The number of hydrogen-bond donors (Lipinski definition) is 1. The number of nitrogens with one attached hydrogen (secondary N) is 1. The van der Waals surface area contributed by atoms with Gasteiger partial charge in [0.05, 0.1) is 10.0 Å². The molecule has 2 rings (SSSR count). The maximum absolute atomic E-state index is 11.8. The van der Waals surface area contributed by atoms with Crippen LogP contribution in [-0.4, -0.2) is 23.5 Å². The molecule has 0 saturated heterocycles. The van der Waals surface area contributed by atoms with Gasteiger partial charge in [0.15, 0.2) is 0 Å². The van der Waals surface area contributed by atoms with Gasteiger partial charge in [0, 0.05) is 24.0 Å². The number of rotatable bonds is 7. The fourth-order valence-electron chi connectivity index (χ4n) is 2.69. The molecule has 1 fully saturated rings. The molecular weight excluding hydrogens is 337 g/mol. The Labute approximate surface area is 147 Å². The number of thioether (sulfide) groups is 1. The van der Waals surface area contributed by atoms with E-state index in [1.54, 1.807) is 6.07 Å². The van der Waals surface area contributed by atoms with Crippen molar-refractivity contribution in [3.63, 3.8) is 0 Å². The molecular formula is C17H23Cl2NOS. The van der Waals surface area contributed by atoms with Crippen LogP contribution in [0.5, 0.6) is 0 Å². The van der Waals surface area contributed by atoms with Gasteiger partial charge in [-0.25, -0.2) is 0 Å². The molecule has 5 heteroatoms. The molecule has 1 N–H and O–H groups in total. The lowest BCUT2D eigenvalue weighted by Gasteiger charge is -2.20. The van der Waals surface area contributed by atoms with Gasteiger partial charge in [0.1, 0.15) is 0 Å². The minimum absolute atomic E-state index is 0.107. The van der Waals surface area contributed by atoms with E-state index in [0.717, 1.165) is 23.1 Å². The normalized spacial score (nSPS) is 15.7. The summed E-state index contributed by atoms with van der Waals surface area (Å²) in [6.45, 7) is 0.765. The summed E-state index contributed by atoms with van der Waals surface area (Å²) in [4.78, 5) is 11.8. The summed E-state index contributed by atoms with van der Waals surface area (Å²) in [7, 11) is 0. The van der Waals surface area contributed by atoms with Crippen LogP contribution in [0.25, 0.3) is 0 Å². The highest BCUT2D eigenvalue weighted by molar-refractivity contribution is 7.99. The first kappa shape index (κ1) is 18.0. The maximum atomic E-state index is 11.8. The predicted molar refractivity (Wildman–Crippen MR) is 97.1 cm³/mol.